The number of ether oxygens (including phenoxy) is 2. The van der Waals surface area contributed by atoms with Crippen molar-refractivity contribution in [2.75, 3.05) is 32.6 Å². The van der Waals surface area contributed by atoms with Gasteiger partial charge in [-0.1, -0.05) is 0 Å². The van der Waals surface area contributed by atoms with Gasteiger partial charge in [0.05, 0.1) is 26.0 Å². The molecule has 0 radical (unpaired) electrons. The summed E-state index contributed by atoms with van der Waals surface area (Å²) in [5.41, 5.74) is 0. The minimum absolute atomic E-state index is 0.0712. The van der Waals surface area contributed by atoms with Crippen molar-refractivity contribution >= 4 is 16.0 Å². The van der Waals surface area contributed by atoms with E-state index in [2.05, 4.69) is 4.74 Å². The average Bonchev–Trinajstić information content (AvgIpc) is 3.11. The molecule has 1 saturated carbocycles. The molecular formula is C10H17NO5S. The first-order valence-corrected chi connectivity index (χ1v) is 7.31. The number of carbonyl (C=O) groups excluding carboxylic acids is 1. The third kappa shape index (κ3) is 3.17. The minimum atomic E-state index is -3.25. The molecule has 98 valence electrons. The zero-order valence-corrected chi connectivity index (χ0v) is 10.6. The third-order valence-corrected chi connectivity index (χ3v) is 5.04. The molecule has 0 N–H and O–H groups in total. The predicted molar refractivity (Wildman–Crippen MR) is 59.8 cm³/mol. The summed E-state index contributed by atoms with van der Waals surface area (Å²) >= 11 is 0. The molecule has 1 aliphatic heterocycles. The van der Waals surface area contributed by atoms with E-state index in [0.29, 0.717) is 12.5 Å². The van der Waals surface area contributed by atoms with Crippen LogP contribution < -0.4 is 0 Å². The number of methoxy groups -OCH3 is 1. The Morgan fingerprint density at radius 1 is 1.47 bits per heavy atom. The zero-order chi connectivity index (χ0) is 12.5. The molecule has 0 bridgehead atoms. The number of morpholine rings is 1. The van der Waals surface area contributed by atoms with Crippen LogP contribution in [0, 0.1) is 5.92 Å². The average molecular weight is 263 g/mol. The number of hydrogen-bond donors (Lipinski definition) is 0. The fourth-order valence-electron chi connectivity index (χ4n) is 1.84. The molecule has 0 spiro atoms. The normalized spacial score (nSPS) is 26.8. The van der Waals surface area contributed by atoms with Gasteiger partial charge in [-0.25, -0.2) is 13.2 Å². The molecule has 1 aliphatic carbocycles. The summed E-state index contributed by atoms with van der Waals surface area (Å²) in [4.78, 5) is 11.3. The lowest BCUT2D eigenvalue weighted by Gasteiger charge is -2.30. The van der Waals surface area contributed by atoms with Crippen molar-refractivity contribution < 1.29 is 22.7 Å². The molecule has 1 unspecified atom stereocenters. The van der Waals surface area contributed by atoms with Crippen molar-refractivity contribution in [1.29, 1.82) is 0 Å². The third-order valence-electron chi connectivity index (χ3n) is 3.03. The maximum Gasteiger partial charge on any atom is 0.336 e. The Labute approximate surface area is 101 Å². The lowest BCUT2D eigenvalue weighted by atomic mass is 10.3. The van der Waals surface area contributed by atoms with Gasteiger partial charge in [0, 0.05) is 6.54 Å². The summed E-state index contributed by atoms with van der Waals surface area (Å²) in [6.07, 6.45) is 1.19. The van der Waals surface area contributed by atoms with E-state index in [-0.39, 0.29) is 18.9 Å². The second-order valence-electron chi connectivity index (χ2n) is 4.46. The van der Waals surface area contributed by atoms with E-state index in [0.717, 1.165) is 12.8 Å². The number of hydrogen-bond acceptors (Lipinski definition) is 5. The van der Waals surface area contributed by atoms with E-state index in [1.807, 2.05) is 0 Å². The van der Waals surface area contributed by atoms with Gasteiger partial charge < -0.3 is 9.47 Å². The summed E-state index contributed by atoms with van der Waals surface area (Å²) in [6.45, 7) is 0.633. The largest absolute Gasteiger partial charge is 0.467 e. The highest BCUT2D eigenvalue weighted by Crippen LogP contribution is 2.31. The number of rotatable bonds is 4. The van der Waals surface area contributed by atoms with Crippen LogP contribution >= 0.6 is 0 Å². The molecule has 1 heterocycles. The van der Waals surface area contributed by atoms with Gasteiger partial charge >= 0.3 is 5.97 Å². The number of nitrogens with zero attached hydrogens (tertiary/aromatic N) is 1. The molecule has 6 nitrogen and oxygen atoms in total. The van der Waals surface area contributed by atoms with Gasteiger partial charge in [-0.3, -0.25) is 0 Å². The van der Waals surface area contributed by atoms with Crippen molar-refractivity contribution in [3.63, 3.8) is 0 Å². The van der Waals surface area contributed by atoms with Gasteiger partial charge in [-0.15, -0.1) is 0 Å². The number of sulfonamides is 1. The molecule has 0 amide bonds. The summed E-state index contributed by atoms with van der Waals surface area (Å²) in [5.74, 6) is -0.0169. The van der Waals surface area contributed by atoms with Crippen LogP contribution in [0.25, 0.3) is 0 Å². The van der Waals surface area contributed by atoms with Crippen LogP contribution in [0.15, 0.2) is 0 Å². The Bertz CT molecular complexity index is 390. The van der Waals surface area contributed by atoms with Crippen LogP contribution in [0.5, 0.6) is 0 Å². The van der Waals surface area contributed by atoms with E-state index in [1.54, 1.807) is 0 Å². The topological polar surface area (TPSA) is 72.9 Å². The molecule has 7 heteroatoms. The second kappa shape index (κ2) is 4.91. The fraction of sp³-hybridized carbons (Fsp3) is 0.900. The van der Waals surface area contributed by atoms with E-state index < -0.39 is 22.1 Å². The van der Waals surface area contributed by atoms with Crippen LogP contribution in [-0.4, -0.2) is 57.4 Å². The van der Waals surface area contributed by atoms with E-state index in [4.69, 9.17) is 4.74 Å². The number of esters is 1. The SMILES string of the molecule is COC(=O)C1CN(S(=O)(=O)CC2CC2)CCO1. The predicted octanol–water partition coefficient (Wildman–Crippen LogP) is -0.400. The summed E-state index contributed by atoms with van der Waals surface area (Å²) < 4.78 is 35.1. The van der Waals surface area contributed by atoms with Crippen LogP contribution in [0.2, 0.25) is 0 Å². The first kappa shape index (κ1) is 12.8. The molecule has 2 aliphatic rings. The van der Waals surface area contributed by atoms with Crippen LogP contribution in [-0.2, 0) is 24.3 Å². The molecule has 2 rings (SSSR count). The van der Waals surface area contributed by atoms with Crippen molar-refractivity contribution in [1.82, 2.24) is 4.31 Å². The van der Waals surface area contributed by atoms with E-state index in [9.17, 15) is 13.2 Å². The first-order chi connectivity index (χ1) is 8.03. The Morgan fingerprint density at radius 3 is 2.76 bits per heavy atom. The Kier molecular flexibility index (Phi) is 3.70. The van der Waals surface area contributed by atoms with Crippen molar-refractivity contribution in [2.45, 2.75) is 18.9 Å². The van der Waals surface area contributed by atoms with Crippen molar-refractivity contribution in [3.05, 3.63) is 0 Å². The van der Waals surface area contributed by atoms with Gasteiger partial charge in [0.1, 0.15) is 0 Å². The zero-order valence-electron chi connectivity index (χ0n) is 9.79. The molecule has 17 heavy (non-hydrogen) atoms. The maximum absolute atomic E-state index is 12.0. The van der Waals surface area contributed by atoms with Crippen molar-refractivity contribution in [2.24, 2.45) is 5.92 Å². The standard InChI is InChI=1S/C10H17NO5S/c1-15-10(12)9-6-11(4-5-16-9)17(13,14)7-8-2-3-8/h8-9H,2-7H2,1H3. The van der Waals surface area contributed by atoms with Gasteiger partial charge in [-0.05, 0) is 18.8 Å². The summed E-state index contributed by atoms with van der Waals surface area (Å²) in [6, 6.07) is 0. The monoisotopic (exact) mass is 263 g/mol. The van der Waals surface area contributed by atoms with Crippen LogP contribution in [0.4, 0.5) is 0 Å². The van der Waals surface area contributed by atoms with Gasteiger partial charge in [0.15, 0.2) is 6.10 Å². The van der Waals surface area contributed by atoms with Gasteiger partial charge in [0.25, 0.3) is 0 Å². The lowest BCUT2D eigenvalue weighted by Crippen LogP contribution is -2.49. The Morgan fingerprint density at radius 2 is 2.18 bits per heavy atom. The number of carbonyl (C=O) groups is 1. The smallest absolute Gasteiger partial charge is 0.336 e. The molecule has 1 atom stereocenters. The quantitative estimate of drug-likeness (QED) is 0.645. The summed E-state index contributed by atoms with van der Waals surface area (Å²) in [5, 5.41) is 0. The lowest BCUT2D eigenvalue weighted by molar-refractivity contribution is -0.157. The van der Waals surface area contributed by atoms with Crippen LogP contribution in [0.3, 0.4) is 0 Å². The highest BCUT2D eigenvalue weighted by atomic mass is 32.2. The fourth-order valence-corrected chi connectivity index (χ4v) is 3.70. The molecule has 0 aromatic carbocycles. The Hall–Kier alpha value is -0.660. The summed E-state index contributed by atoms with van der Waals surface area (Å²) in [7, 11) is -1.98. The Balaban J connectivity index is 1.98. The van der Waals surface area contributed by atoms with Gasteiger partial charge in [0.2, 0.25) is 10.0 Å². The molecule has 1 saturated heterocycles. The van der Waals surface area contributed by atoms with Gasteiger partial charge in [-0.2, -0.15) is 4.31 Å². The molecule has 0 aromatic rings. The highest BCUT2D eigenvalue weighted by Gasteiger charge is 2.36. The minimum Gasteiger partial charge on any atom is -0.467 e. The molecule has 0 aromatic heterocycles. The first-order valence-electron chi connectivity index (χ1n) is 5.70. The van der Waals surface area contributed by atoms with Crippen LogP contribution in [0.1, 0.15) is 12.8 Å². The van der Waals surface area contributed by atoms with E-state index >= 15 is 0 Å². The molecular weight excluding hydrogens is 246 g/mol. The van der Waals surface area contributed by atoms with Crippen molar-refractivity contribution in [3.8, 4) is 0 Å². The maximum atomic E-state index is 12.0. The van der Waals surface area contributed by atoms with E-state index in [1.165, 1.54) is 11.4 Å². The second-order valence-corrected chi connectivity index (χ2v) is 6.48. The highest BCUT2D eigenvalue weighted by molar-refractivity contribution is 7.89. The molecule has 2 fully saturated rings.